The Labute approximate surface area is 324 Å². The summed E-state index contributed by atoms with van der Waals surface area (Å²) in [4.78, 5) is 28.1. The number of hydrogen-bond acceptors (Lipinski definition) is 7. The van der Waals surface area contributed by atoms with Crippen LogP contribution in [-0.2, 0) is 32.0 Å². The Morgan fingerprint density at radius 3 is 1.94 bits per heavy atom. The van der Waals surface area contributed by atoms with E-state index in [1.165, 1.54) is 84.2 Å². The van der Waals surface area contributed by atoms with Crippen LogP contribution in [0.25, 0.3) is 0 Å². The Bertz CT molecular complexity index is 1450. The van der Waals surface area contributed by atoms with Crippen molar-refractivity contribution in [2.75, 3.05) is 32.1 Å². The zero-order valence-electron chi connectivity index (χ0n) is 33.0. The minimum atomic E-state index is -0.831. The maximum absolute atomic E-state index is 13.0. The van der Waals surface area contributed by atoms with Crippen molar-refractivity contribution in [2.45, 2.75) is 135 Å². The van der Waals surface area contributed by atoms with Gasteiger partial charge in [-0.05, 0) is 54.8 Å². The maximum Gasteiger partial charge on any atom is 0.328 e. The molecule has 0 bridgehead atoms. The quantitative estimate of drug-likeness (QED) is 0.0619. The minimum absolute atomic E-state index is 0.000786. The number of anilines is 1. The highest BCUT2D eigenvalue weighted by atomic mass is 16.7. The topological polar surface area (TPSA) is 109 Å². The number of unbranched alkanes of at least 4 members (excludes halogenated alkanes) is 10. The van der Waals surface area contributed by atoms with Crippen LogP contribution in [0.2, 0.25) is 0 Å². The summed E-state index contributed by atoms with van der Waals surface area (Å²) in [6.45, 7) is 7.53. The van der Waals surface area contributed by atoms with Crippen LogP contribution >= 0.6 is 0 Å². The molecule has 0 spiro atoms. The molecule has 3 aromatic carbocycles. The first kappa shape index (κ1) is 43.0. The van der Waals surface area contributed by atoms with E-state index in [0.29, 0.717) is 12.1 Å². The Kier molecular flexibility index (Phi) is 19.6. The van der Waals surface area contributed by atoms with Crippen molar-refractivity contribution in [1.82, 2.24) is 10.2 Å². The summed E-state index contributed by atoms with van der Waals surface area (Å²) in [5.41, 5.74) is 4.28. The molecule has 296 valence electrons. The lowest BCUT2D eigenvalue weighted by Crippen LogP contribution is -2.45. The minimum Gasteiger partial charge on any atom is -0.467 e. The summed E-state index contributed by atoms with van der Waals surface area (Å²) < 4.78 is 18.3. The smallest absolute Gasteiger partial charge is 0.328 e. The second-order valence-corrected chi connectivity index (χ2v) is 14.7. The third-order valence-electron chi connectivity index (χ3n) is 10.2. The first-order chi connectivity index (χ1) is 26.4. The number of esters is 1. The molecule has 0 aromatic heterocycles. The van der Waals surface area contributed by atoms with Crippen molar-refractivity contribution in [3.8, 4) is 0 Å². The van der Waals surface area contributed by atoms with Gasteiger partial charge in [-0.15, -0.1) is 0 Å². The zero-order chi connectivity index (χ0) is 38.4. The molecule has 54 heavy (non-hydrogen) atoms. The fourth-order valence-electron chi connectivity index (χ4n) is 7.08. The van der Waals surface area contributed by atoms with Crippen molar-refractivity contribution in [3.63, 3.8) is 0 Å². The van der Waals surface area contributed by atoms with E-state index in [-0.39, 0.29) is 18.8 Å². The lowest BCUT2D eigenvalue weighted by molar-refractivity contribution is -0.253. The molecule has 3 N–H and O–H groups in total. The van der Waals surface area contributed by atoms with Crippen LogP contribution in [0.15, 0.2) is 78.9 Å². The average molecular weight is 744 g/mol. The molecular formula is C45H65N3O6. The predicted molar refractivity (Wildman–Crippen MR) is 216 cm³/mol. The Morgan fingerprint density at radius 1 is 0.759 bits per heavy atom. The number of aliphatic hydroxyl groups excluding tert-OH is 1. The molecule has 1 fully saturated rings. The number of hydrogen-bond donors (Lipinski definition) is 3. The van der Waals surface area contributed by atoms with Crippen LogP contribution in [-0.4, -0.2) is 60.9 Å². The molecule has 1 heterocycles. The molecule has 4 rings (SSSR count). The molecule has 9 nitrogen and oxygen atoms in total. The van der Waals surface area contributed by atoms with E-state index in [1.54, 1.807) is 0 Å². The number of carbonyl (C=O) groups excluding carboxylic acids is 2. The van der Waals surface area contributed by atoms with Gasteiger partial charge < -0.3 is 34.9 Å². The lowest BCUT2D eigenvalue weighted by Gasteiger charge is -2.38. The number of urea groups is 1. The second kappa shape index (κ2) is 24.6. The highest BCUT2D eigenvalue weighted by molar-refractivity contribution is 5.92. The van der Waals surface area contributed by atoms with Crippen molar-refractivity contribution >= 4 is 17.7 Å². The third-order valence-corrected chi connectivity index (χ3v) is 10.2. The molecule has 1 saturated heterocycles. The van der Waals surface area contributed by atoms with Gasteiger partial charge in [0.05, 0.1) is 25.9 Å². The van der Waals surface area contributed by atoms with E-state index >= 15 is 0 Å². The molecule has 1 aliphatic rings. The molecule has 3 aromatic rings. The summed E-state index contributed by atoms with van der Waals surface area (Å²) in [6, 6.07) is 23.7. The first-order valence-electron chi connectivity index (χ1n) is 20.4. The van der Waals surface area contributed by atoms with Gasteiger partial charge in [0, 0.05) is 30.6 Å². The van der Waals surface area contributed by atoms with Gasteiger partial charge in [0.15, 0.2) is 6.29 Å². The molecule has 9 heteroatoms. The van der Waals surface area contributed by atoms with Crippen LogP contribution in [0.1, 0.15) is 132 Å². The van der Waals surface area contributed by atoms with E-state index in [4.69, 9.17) is 14.2 Å². The van der Waals surface area contributed by atoms with E-state index in [0.717, 1.165) is 48.3 Å². The van der Waals surface area contributed by atoms with Gasteiger partial charge in [0.2, 0.25) is 0 Å². The second-order valence-electron chi connectivity index (χ2n) is 14.7. The highest BCUT2D eigenvalue weighted by Gasteiger charge is 2.33. The van der Waals surface area contributed by atoms with E-state index in [1.807, 2.05) is 78.9 Å². The van der Waals surface area contributed by atoms with Gasteiger partial charge in [0.1, 0.15) is 6.04 Å². The largest absolute Gasteiger partial charge is 0.467 e. The SMILES string of the molecule is CCCCCCCCN(CCCCCCCC)C[C@H]1C[C@@H](c2ccc(CO)cc2)O[C@@H](c2ccc(NC(=O)N[C@@H](Cc3ccccc3)C(=O)OC)cc2)O1. The molecular weight excluding hydrogens is 679 g/mol. The van der Waals surface area contributed by atoms with E-state index in [2.05, 4.69) is 29.4 Å². The van der Waals surface area contributed by atoms with Gasteiger partial charge in [-0.1, -0.05) is 145 Å². The van der Waals surface area contributed by atoms with Crippen LogP contribution in [0, 0.1) is 0 Å². The summed E-state index contributed by atoms with van der Waals surface area (Å²) in [7, 11) is 1.32. The van der Waals surface area contributed by atoms with Crippen LogP contribution in [0.4, 0.5) is 10.5 Å². The van der Waals surface area contributed by atoms with Gasteiger partial charge in [-0.3, -0.25) is 0 Å². The molecule has 0 aliphatic carbocycles. The summed E-state index contributed by atoms with van der Waals surface area (Å²) >= 11 is 0. The Hall–Kier alpha value is -3.76. The highest BCUT2D eigenvalue weighted by Crippen LogP contribution is 2.38. The van der Waals surface area contributed by atoms with Crippen LogP contribution in [0.3, 0.4) is 0 Å². The van der Waals surface area contributed by atoms with Crippen LogP contribution < -0.4 is 10.6 Å². The van der Waals surface area contributed by atoms with E-state index < -0.39 is 24.3 Å². The summed E-state index contributed by atoms with van der Waals surface area (Å²) in [5, 5.41) is 15.3. The number of benzene rings is 3. The number of nitrogens with one attached hydrogen (secondary N) is 2. The zero-order valence-corrected chi connectivity index (χ0v) is 33.0. The monoisotopic (exact) mass is 743 g/mol. The van der Waals surface area contributed by atoms with Crippen molar-refractivity contribution in [3.05, 3.63) is 101 Å². The maximum atomic E-state index is 13.0. The number of ether oxygens (including phenoxy) is 3. The Morgan fingerprint density at radius 2 is 1.35 bits per heavy atom. The molecule has 4 atom stereocenters. The third kappa shape index (κ3) is 15.2. The Balaban J connectivity index is 1.43. The lowest BCUT2D eigenvalue weighted by atomic mass is 9.99. The van der Waals surface area contributed by atoms with Crippen LogP contribution in [0.5, 0.6) is 0 Å². The van der Waals surface area contributed by atoms with Crippen molar-refractivity contribution in [2.24, 2.45) is 0 Å². The average Bonchev–Trinajstić information content (AvgIpc) is 3.20. The molecule has 1 aliphatic heterocycles. The predicted octanol–water partition coefficient (Wildman–Crippen LogP) is 9.65. The van der Waals surface area contributed by atoms with E-state index in [9.17, 15) is 14.7 Å². The summed E-state index contributed by atoms with van der Waals surface area (Å²) in [6.07, 6.45) is 15.6. The fourth-order valence-corrected chi connectivity index (χ4v) is 7.08. The number of nitrogens with zero attached hydrogens (tertiary/aromatic N) is 1. The number of carbonyl (C=O) groups is 2. The number of amides is 2. The number of rotatable bonds is 24. The van der Waals surface area contributed by atoms with Crippen molar-refractivity contribution < 1.29 is 28.9 Å². The molecule has 0 unspecified atom stereocenters. The van der Waals surface area contributed by atoms with Gasteiger partial charge in [-0.25, -0.2) is 9.59 Å². The standard InChI is InChI=1S/C45H65N3O6/c1-4-6-8-10-12-17-29-48(30-18-13-11-9-7-5-2)33-40-32-42(37-23-21-36(34-49)22-24-37)54-44(53-40)38-25-27-39(28-26-38)46-45(51)47-41(43(50)52-3)31-35-19-15-14-16-20-35/h14-16,19-28,40-42,44,49H,4-13,17-18,29-34H2,1-3H3,(H2,46,47,51)/t40-,41+,42+,44+/m1/s1. The number of methoxy groups -OCH3 is 1. The summed E-state index contributed by atoms with van der Waals surface area (Å²) in [5.74, 6) is -0.511. The fraction of sp³-hybridized carbons (Fsp3) is 0.556. The normalized spacial score (nSPS) is 17.6. The van der Waals surface area contributed by atoms with Gasteiger partial charge in [-0.2, -0.15) is 0 Å². The van der Waals surface area contributed by atoms with Gasteiger partial charge in [0.25, 0.3) is 0 Å². The molecule has 0 saturated carbocycles. The number of aliphatic hydroxyl groups is 1. The van der Waals surface area contributed by atoms with Gasteiger partial charge >= 0.3 is 12.0 Å². The molecule has 0 radical (unpaired) electrons. The first-order valence-corrected chi connectivity index (χ1v) is 20.4. The van der Waals surface area contributed by atoms with Crippen molar-refractivity contribution in [1.29, 1.82) is 0 Å². The molecule has 2 amide bonds.